The van der Waals surface area contributed by atoms with Crippen LogP contribution in [0, 0.1) is 20.7 Å². The van der Waals surface area contributed by atoms with E-state index >= 15 is 0 Å². The molecule has 0 aromatic rings. The first kappa shape index (κ1) is 23.4. The molecule has 0 aromatic heterocycles. The van der Waals surface area contributed by atoms with Crippen molar-refractivity contribution >= 4 is 11.9 Å². The summed E-state index contributed by atoms with van der Waals surface area (Å²) >= 11 is 0. The van der Waals surface area contributed by atoms with Gasteiger partial charge in [-0.1, -0.05) is 58.3 Å². The zero-order valence-electron chi connectivity index (χ0n) is 14.1. The van der Waals surface area contributed by atoms with Crippen LogP contribution in [0.2, 0.25) is 0 Å². The molecule has 0 amide bonds. The molecule has 0 aliphatic rings. The maximum Gasteiger partial charge on any atom is 0.299 e. The van der Waals surface area contributed by atoms with Crippen molar-refractivity contribution in [2.45, 2.75) is 71.1 Å². The Balaban J connectivity index is 0. The van der Waals surface area contributed by atoms with Gasteiger partial charge in [0, 0.05) is 0 Å². The molecule has 0 aliphatic carbocycles. The van der Waals surface area contributed by atoms with E-state index in [9.17, 15) is 0 Å². The average Bonchev–Trinajstić information content (AvgIpc) is 2.43. The fraction of sp³-hybridized carbons (Fsp3) is 0.857. The highest BCUT2D eigenvalue weighted by atomic mass is 16.9. The second kappa shape index (κ2) is 18.1. The fourth-order valence-electron chi connectivity index (χ4n) is 2.07. The van der Waals surface area contributed by atoms with Crippen LogP contribution in [0.15, 0.2) is 4.99 Å². The molecule has 0 aliphatic heterocycles. The quantitative estimate of drug-likeness (QED) is 0.147. The first-order valence-corrected chi connectivity index (χ1v) is 8.23. The van der Waals surface area contributed by atoms with E-state index in [0.29, 0.717) is 5.96 Å². The van der Waals surface area contributed by atoms with Gasteiger partial charge in [-0.25, -0.2) is 0 Å². The van der Waals surface area contributed by atoms with Crippen molar-refractivity contribution in [1.29, 1.82) is 5.41 Å². The minimum Gasteiger partial charge on any atom is -0.368 e. The van der Waals surface area contributed by atoms with E-state index < -0.39 is 5.09 Å². The third kappa shape index (κ3) is 28.9. The van der Waals surface area contributed by atoms with E-state index in [1.165, 1.54) is 57.8 Å². The molecule has 0 aromatic carbocycles. The van der Waals surface area contributed by atoms with Crippen LogP contribution in [0.5, 0.6) is 0 Å². The number of rotatable bonds is 11. The topological polar surface area (TPSA) is 171 Å². The van der Waals surface area contributed by atoms with Crippen molar-refractivity contribution in [3.8, 4) is 0 Å². The number of hydrogen-bond donors (Lipinski definition) is 4. The van der Waals surface area contributed by atoms with Gasteiger partial charge in [-0.2, -0.15) is 0 Å². The Morgan fingerprint density at radius 3 is 1.78 bits per heavy atom. The molecule has 9 nitrogen and oxygen atoms in total. The smallest absolute Gasteiger partial charge is 0.299 e. The zero-order valence-corrected chi connectivity index (χ0v) is 14.1. The monoisotopic (exact) mass is 332 g/mol. The molecule has 0 fully saturated rings. The SMILES string of the molecule is CCCCCCCCCCCC[NH2+]/C(N)=N/C(=N)N.O=[N+]([O-])[O-]. The number of nitrogens with one attached hydrogen (secondary N) is 1. The van der Waals surface area contributed by atoms with Crippen LogP contribution >= 0.6 is 0 Å². The van der Waals surface area contributed by atoms with Crippen LogP contribution in [-0.4, -0.2) is 23.6 Å². The van der Waals surface area contributed by atoms with Gasteiger partial charge in [-0.3, -0.25) is 10.7 Å². The number of guanidine groups is 2. The van der Waals surface area contributed by atoms with E-state index in [4.69, 9.17) is 32.2 Å². The van der Waals surface area contributed by atoms with Crippen molar-refractivity contribution in [2.24, 2.45) is 16.5 Å². The Labute approximate surface area is 138 Å². The number of aliphatic imine (C=N–C) groups is 1. The van der Waals surface area contributed by atoms with Gasteiger partial charge in [0.2, 0.25) is 5.96 Å². The summed E-state index contributed by atoms with van der Waals surface area (Å²) in [5.74, 6) is 0.139. The molecule has 9 heteroatoms. The second-order valence-corrected chi connectivity index (χ2v) is 5.32. The molecule has 0 spiro atoms. The average molecular weight is 332 g/mol. The third-order valence-electron chi connectivity index (χ3n) is 3.16. The minimum absolute atomic E-state index is 0.225. The third-order valence-corrected chi connectivity index (χ3v) is 3.16. The van der Waals surface area contributed by atoms with Crippen LogP contribution in [0.4, 0.5) is 0 Å². The zero-order chi connectivity index (χ0) is 17.9. The van der Waals surface area contributed by atoms with E-state index in [0.717, 1.165) is 13.0 Å². The first-order chi connectivity index (χ1) is 10.9. The lowest BCUT2D eigenvalue weighted by Crippen LogP contribution is -2.90. The number of hydrogen-bond acceptors (Lipinski definition) is 4. The molecule has 0 rings (SSSR count). The van der Waals surface area contributed by atoms with Crippen molar-refractivity contribution in [2.75, 3.05) is 6.54 Å². The minimum atomic E-state index is -1.75. The number of nitrogens with two attached hydrogens (primary N) is 3. The molecule has 0 unspecified atom stereocenters. The van der Waals surface area contributed by atoms with Crippen molar-refractivity contribution in [1.82, 2.24) is 0 Å². The summed E-state index contributed by atoms with van der Waals surface area (Å²) in [6.45, 7) is 3.18. The van der Waals surface area contributed by atoms with Crippen LogP contribution < -0.4 is 16.8 Å². The predicted molar refractivity (Wildman–Crippen MR) is 92.5 cm³/mol. The second-order valence-electron chi connectivity index (χ2n) is 5.32. The molecular weight excluding hydrogens is 300 g/mol. The Morgan fingerprint density at radius 1 is 1.00 bits per heavy atom. The largest absolute Gasteiger partial charge is 0.368 e. The maximum atomic E-state index is 8.25. The standard InChI is InChI=1S/C14H31N5.NO3/c1-2-3-4-5-6-7-8-9-10-11-12-18-14(17)19-13(15)16;2-1(3)4/h2-12H2,1H3,(H6,15,16,17,18,19);/q;-1/p+1. The highest BCUT2D eigenvalue weighted by Crippen LogP contribution is 2.09. The molecule has 136 valence electrons. The summed E-state index contributed by atoms with van der Waals surface area (Å²) in [7, 11) is 0. The van der Waals surface area contributed by atoms with Crippen LogP contribution in [0.25, 0.3) is 0 Å². The highest BCUT2D eigenvalue weighted by Gasteiger charge is 1.98. The van der Waals surface area contributed by atoms with Gasteiger partial charge >= 0.3 is 0 Å². The summed E-state index contributed by atoms with van der Waals surface area (Å²) < 4.78 is 0. The molecule has 0 atom stereocenters. The Kier molecular flexibility index (Phi) is 18.4. The Bertz CT molecular complexity index is 332. The van der Waals surface area contributed by atoms with Gasteiger partial charge in [0.1, 0.15) is 0 Å². The maximum absolute atomic E-state index is 8.25. The molecule has 7 N–H and O–H groups in total. The molecule has 0 radical (unpaired) electrons. The number of quaternary nitrogens is 1. The van der Waals surface area contributed by atoms with Crippen molar-refractivity contribution in [3.63, 3.8) is 0 Å². The van der Waals surface area contributed by atoms with E-state index in [1.54, 1.807) is 0 Å². The fourth-order valence-corrected chi connectivity index (χ4v) is 2.07. The lowest BCUT2D eigenvalue weighted by molar-refractivity contribution is -0.542. The molecular formula is C14H32N6O3. The highest BCUT2D eigenvalue weighted by molar-refractivity contribution is 5.87. The summed E-state index contributed by atoms with van der Waals surface area (Å²) in [4.78, 5) is 11.9. The summed E-state index contributed by atoms with van der Waals surface area (Å²) in [6, 6.07) is 0. The lowest BCUT2D eigenvalue weighted by Gasteiger charge is -2.02. The van der Waals surface area contributed by atoms with Crippen LogP contribution in [0.1, 0.15) is 71.1 Å². The lowest BCUT2D eigenvalue weighted by atomic mass is 10.1. The van der Waals surface area contributed by atoms with Crippen LogP contribution in [0.3, 0.4) is 0 Å². The summed E-state index contributed by atoms with van der Waals surface area (Å²) in [5.41, 5.74) is 10.7. The van der Waals surface area contributed by atoms with Crippen LogP contribution in [-0.2, 0) is 0 Å². The molecule has 0 bridgehead atoms. The Morgan fingerprint density at radius 2 is 1.39 bits per heavy atom. The number of nitrogens with zero attached hydrogens (tertiary/aromatic N) is 2. The van der Waals surface area contributed by atoms with Crippen molar-refractivity contribution in [3.05, 3.63) is 15.3 Å². The predicted octanol–water partition coefficient (Wildman–Crippen LogP) is 1.44. The summed E-state index contributed by atoms with van der Waals surface area (Å²) in [5, 5.41) is 23.6. The van der Waals surface area contributed by atoms with Gasteiger partial charge in [0.15, 0.2) is 0 Å². The van der Waals surface area contributed by atoms with Gasteiger partial charge in [0.05, 0.1) is 11.6 Å². The number of unbranched alkanes of at least 4 members (excludes halogenated alkanes) is 9. The first-order valence-electron chi connectivity index (χ1n) is 8.23. The van der Waals surface area contributed by atoms with Gasteiger partial charge in [-0.05, 0) is 12.8 Å². The molecule has 0 heterocycles. The Hall–Kier alpha value is -1.90. The molecule has 23 heavy (non-hydrogen) atoms. The normalized spacial score (nSPS) is 10.7. The van der Waals surface area contributed by atoms with Gasteiger partial charge < -0.3 is 26.8 Å². The molecule has 0 saturated carbocycles. The van der Waals surface area contributed by atoms with Gasteiger partial charge in [-0.15, -0.1) is 4.99 Å². The molecule has 0 saturated heterocycles. The van der Waals surface area contributed by atoms with E-state index in [-0.39, 0.29) is 5.96 Å². The van der Waals surface area contributed by atoms with Crippen molar-refractivity contribution < 1.29 is 10.4 Å². The van der Waals surface area contributed by atoms with E-state index in [1.807, 2.05) is 5.32 Å². The summed E-state index contributed by atoms with van der Waals surface area (Å²) in [6.07, 6.45) is 13.3. The van der Waals surface area contributed by atoms with E-state index in [2.05, 4.69) is 11.9 Å². The van der Waals surface area contributed by atoms with Gasteiger partial charge in [0.25, 0.3) is 5.96 Å².